The second-order valence-electron chi connectivity index (χ2n) is 5.13. The van der Waals surface area contributed by atoms with Gasteiger partial charge in [0.05, 0.1) is 0 Å². The molecule has 1 heteroatoms. The van der Waals surface area contributed by atoms with Gasteiger partial charge in [-0.3, -0.25) is 0 Å². The van der Waals surface area contributed by atoms with E-state index >= 15 is 0 Å². The molecule has 77 valence electrons. The highest BCUT2D eigenvalue weighted by Crippen LogP contribution is 2.50. The Bertz CT molecular complexity index is 264. The second-order valence-corrected chi connectivity index (χ2v) is 5.13. The molecule has 0 amide bonds. The summed E-state index contributed by atoms with van der Waals surface area (Å²) in [6, 6.07) is 0. The van der Waals surface area contributed by atoms with Gasteiger partial charge in [-0.1, -0.05) is 25.5 Å². The maximum atomic E-state index is 10.9. The van der Waals surface area contributed by atoms with E-state index in [1.807, 2.05) is 0 Å². The second kappa shape index (κ2) is 3.52. The summed E-state index contributed by atoms with van der Waals surface area (Å²) in [4.78, 5) is 10.9. The Balaban J connectivity index is 2.22. The zero-order chi connectivity index (χ0) is 10.3. The Kier molecular flexibility index (Phi) is 2.50. The molecule has 1 radical (unpaired) electrons. The number of fused-ring (bicyclic) bond motifs is 2. The van der Waals surface area contributed by atoms with Gasteiger partial charge >= 0.3 is 0 Å². The maximum Gasteiger partial charge on any atom is 0.124 e. The summed E-state index contributed by atoms with van der Waals surface area (Å²) < 4.78 is 0. The van der Waals surface area contributed by atoms with Crippen molar-refractivity contribution in [3.8, 4) is 0 Å². The Hall–Kier alpha value is -0.590. The summed E-state index contributed by atoms with van der Waals surface area (Å²) in [6.07, 6.45) is 5.77. The number of hydrogen-bond acceptors (Lipinski definition) is 1. The van der Waals surface area contributed by atoms with E-state index < -0.39 is 0 Å². The first kappa shape index (κ1) is 9.95. The van der Waals surface area contributed by atoms with Gasteiger partial charge in [-0.15, -0.1) is 0 Å². The predicted molar refractivity (Wildman–Crippen MR) is 57.6 cm³/mol. The van der Waals surface area contributed by atoms with Crippen LogP contribution in [-0.2, 0) is 4.79 Å². The lowest BCUT2D eigenvalue weighted by atomic mass is 9.59. The van der Waals surface area contributed by atoms with E-state index in [-0.39, 0.29) is 5.92 Å². The highest BCUT2D eigenvalue weighted by Gasteiger charge is 2.42. The lowest BCUT2D eigenvalue weighted by Gasteiger charge is -2.45. The van der Waals surface area contributed by atoms with E-state index in [0.29, 0.717) is 5.92 Å². The molecule has 1 nitrogen and oxygen atoms in total. The van der Waals surface area contributed by atoms with E-state index in [1.165, 1.54) is 11.5 Å². The molecule has 1 fully saturated rings. The van der Waals surface area contributed by atoms with Gasteiger partial charge in [0, 0.05) is 11.8 Å². The SMILES string of the molecule is CC1=CC2CC(C=O)[C]1CC2C(C)C. The number of allylic oxidation sites excluding steroid dienone is 2. The van der Waals surface area contributed by atoms with Gasteiger partial charge < -0.3 is 4.79 Å². The molecule has 3 rings (SSSR count). The highest BCUT2D eigenvalue weighted by atomic mass is 16.1. The third kappa shape index (κ3) is 1.43. The number of carbonyl (C=O) groups is 1. The highest BCUT2D eigenvalue weighted by molar-refractivity contribution is 5.62. The molecule has 0 spiro atoms. The van der Waals surface area contributed by atoms with Crippen molar-refractivity contribution in [1.82, 2.24) is 0 Å². The van der Waals surface area contributed by atoms with Crippen LogP contribution in [0.1, 0.15) is 33.6 Å². The molecular formula is C13H19O. The van der Waals surface area contributed by atoms with Gasteiger partial charge in [0.25, 0.3) is 0 Å². The van der Waals surface area contributed by atoms with Crippen LogP contribution in [0.5, 0.6) is 0 Å². The van der Waals surface area contributed by atoms with Gasteiger partial charge in [-0.2, -0.15) is 0 Å². The molecule has 2 bridgehead atoms. The fourth-order valence-electron chi connectivity index (χ4n) is 3.11. The van der Waals surface area contributed by atoms with Crippen molar-refractivity contribution >= 4 is 6.29 Å². The van der Waals surface area contributed by atoms with Crippen molar-refractivity contribution in [1.29, 1.82) is 0 Å². The number of carbonyl (C=O) groups excluding carboxylic acids is 1. The third-order valence-electron chi connectivity index (χ3n) is 3.97. The zero-order valence-corrected chi connectivity index (χ0v) is 9.29. The van der Waals surface area contributed by atoms with Crippen molar-refractivity contribution < 1.29 is 4.79 Å². The van der Waals surface area contributed by atoms with Crippen LogP contribution < -0.4 is 0 Å². The summed E-state index contributed by atoms with van der Waals surface area (Å²) >= 11 is 0. The Labute approximate surface area is 86.6 Å². The fraction of sp³-hybridized carbons (Fsp3) is 0.692. The maximum absolute atomic E-state index is 10.9. The van der Waals surface area contributed by atoms with Crippen LogP contribution in [0.3, 0.4) is 0 Å². The quantitative estimate of drug-likeness (QED) is 0.613. The summed E-state index contributed by atoms with van der Waals surface area (Å²) in [5, 5.41) is 0. The zero-order valence-electron chi connectivity index (χ0n) is 9.29. The Morgan fingerprint density at radius 2 is 2.21 bits per heavy atom. The largest absolute Gasteiger partial charge is 0.303 e. The molecule has 0 heterocycles. The summed E-state index contributed by atoms with van der Waals surface area (Å²) in [6.45, 7) is 6.75. The van der Waals surface area contributed by atoms with Crippen molar-refractivity contribution in [3.63, 3.8) is 0 Å². The molecule has 0 saturated heterocycles. The summed E-state index contributed by atoms with van der Waals surface area (Å²) in [7, 11) is 0. The van der Waals surface area contributed by atoms with Gasteiger partial charge in [0.1, 0.15) is 6.29 Å². The van der Waals surface area contributed by atoms with Gasteiger partial charge in [0.2, 0.25) is 0 Å². The van der Waals surface area contributed by atoms with E-state index in [4.69, 9.17) is 0 Å². The average Bonchev–Trinajstić information content (AvgIpc) is 2.16. The van der Waals surface area contributed by atoms with E-state index in [0.717, 1.165) is 31.0 Å². The topological polar surface area (TPSA) is 17.1 Å². The number of rotatable bonds is 2. The molecule has 0 N–H and O–H groups in total. The standard InChI is InChI=1S/C13H19O/c1-8(2)12-6-13-9(3)4-10(12)5-11(13)7-14/h4,7-8,10-12H,5-6H2,1-3H3. The molecule has 1 saturated carbocycles. The summed E-state index contributed by atoms with van der Waals surface area (Å²) in [5.41, 5.74) is 1.38. The smallest absolute Gasteiger partial charge is 0.124 e. The lowest BCUT2D eigenvalue weighted by Crippen LogP contribution is -2.37. The molecule has 14 heavy (non-hydrogen) atoms. The first-order chi connectivity index (χ1) is 6.63. The van der Waals surface area contributed by atoms with Crippen molar-refractivity contribution in [2.75, 3.05) is 0 Å². The van der Waals surface area contributed by atoms with Crippen LogP contribution in [0.2, 0.25) is 0 Å². The van der Waals surface area contributed by atoms with Crippen LogP contribution >= 0.6 is 0 Å². The van der Waals surface area contributed by atoms with Gasteiger partial charge in [-0.25, -0.2) is 0 Å². The van der Waals surface area contributed by atoms with Crippen LogP contribution in [0.25, 0.3) is 0 Å². The Morgan fingerprint density at radius 3 is 2.71 bits per heavy atom. The van der Waals surface area contributed by atoms with Crippen molar-refractivity contribution in [3.05, 3.63) is 17.6 Å². The van der Waals surface area contributed by atoms with Gasteiger partial charge in [-0.05, 0) is 37.5 Å². The fourth-order valence-corrected chi connectivity index (χ4v) is 3.11. The molecular weight excluding hydrogens is 172 g/mol. The minimum atomic E-state index is 0.236. The van der Waals surface area contributed by atoms with Crippen LogP contribution in [-0.4, -0.2) is 6.29 Å². The predicted octanol–water partition coefficient (Wildman–Crippen LogP) is 3.02. The molecule has 0 aliphatic heterocycles. The number of hydrogen-bond donors (Lipinski definition) is 0. The van der Waals surface area contributed by atoms with Crippen LogP contribution in [0.4, 0.5) is 0 Å². The van der Waals surface area contributed by atoms with E-state index in [9.17, 15) is 4.79 Å². The van der Waals surface area contributed by atoms with Crippen LogP contribution in [0.15, 0.2) is 11.6 Å². The first-order valence-electron chi connectivity index (χ1n) is 5.63. The molecule has 0 aromatic carbocycles. The van der Waals surface area contributed by atoms with Gasteiger partial charge in [0.15, 0.2) is 0 Å². The first-order valence-corrected chi connectivity index (χ1v) is 5.63. The average molecular weight is 191 g/mol. The molecule has 0 aromatic heterocycles. The van der Waals surface area contributed by atoms with Crippen molar-refractivity contribution in [2.24, 2.45) is 23.7 Å². The number of aldehydes is 1. The molecule has 3 aliphatic carbocycles. The third-order valence-corrected chi connectivity index (χ3v) is 3.97. The van der Waals surface area contributed by atoms with Crippen molar-refractivity contribution in [2.45, 2.75) is 33.6 Å². The normalized spacial score (nSPS) is 37.4. The van der Waals surface area contributed by atoms with Crippen LogP contribution in [0, 0.1) is 29.6 Å². The van der Waals surface area contributed by atoms with E-state index in [1.54, 1.807) is 0 Å². The summed E-state index contributed by atoms with van der Waals surface area (Å²) in [5.74, 6) is 3.83. The molecule has 3 atom stereocenters. The van der Waals surface area contributed by atoms with E-state index in [2.05, 4.69) is 26.8 Å². The lowest BCUT2D eigenvalue weighted by molar-refractivity contribution is -0.112. The molecule has 3 unspecified atom stereocenters. The monoisotopic (exact) mass is 191 g/mol. The molecule has 3 aliphatic rings. The minimum absolute atomic E-state index is 0.236. The minimum Gasteiger partial charge on any atom is -0.303 e. The molecule has 0 aromatic rings. The Morgan fingerprint density at radius 1 is 1.50 bits per heavy atom.